The Labute approximate surface area is 195 Å². The van der Waals surface area contributed by atoms with Crippen LogP contribution >= 0.6 is 0 Å². The number of aromatic nitrogens is 2. The average Bonchev–Trinajstić information content (AvgIpc) is 3.20. The number of amides is 1. The van der Waals surface area contributed by atoms with Gasteiger partial charge in [0, 0.05) is 11.1 Å². The third-order valence-corrected chi connectivity index (χ3v) is 7.30. The summed E-state index contributed by atoms with van der Waals surface area (Å²) < 4.78 is 39.7. The van der Waals surface area contributed by atoms with Crippen LogP contribution in [0.1, 0.15) is 31.7 Å². The van der Waals surface area contributed by atoms with E-state index in [0.717, 1.165) is 5.56 Å². The first-order valence-electron chi connectivity index (χ1n) is 10.4. The lowest BCUT2D eigenvalue weighted by atomic mass is 9.86. The van der Waals surface area contributed by atoms with Crippen LogP contribution in [0.5, 0.6) is 5.75 Å². The van der Waals surface area contributed by atoms with Gasteiger partial charge in [-0.1, -0.05) is 31.5 Å². The molecule has 0 aliphatic carbocycles. The van der Waals surface area contributed by atoms with Gasteiger partial charge in [-0.15, -0.1) is 5.10 Å². The zero-order chi connectivity index (χ0) is 24.7. The van der Waals surface area contributed by atoms with Crippen molar-refractivity contribution in [1.82, 2.24) is 10.2 Å². The Balaban J connectivity index is 1.74. The molecule has 0 fully saturated rings. The highest BCUT2D eigenvalue weighted by molar-refractivity contribution is 7.92. The minimum absolute atomic E-state index is 0.0438. The standard InChI is InChI=1S/C22H24N4O7S/c1-13-4-7-16(8-5-13)34(30,31)26-12-15(11-22(2,3)19-24-25-21(29)33-19)32-18-9-6-14(10-17(18)26)23-20(27)28/h4-10,15,23H,11-12H2,1-3H3,(H,25,29)(H,27,28). The number of rotatable bonds is 6. The molecule has 1 amide bonds. The summed E-state index contributed by atoms with van der Waals surface area (Å²) in [5.74, 6) is -0.219. The van der Waals surface area contributed by atoms with Crippen LogP contribution in [0, 0.1) is 6.92 Å². The highest BCUT2D eigenvalue weighted by atomic mass is 32.2. The molecule has 1 atom stereocenters. The summed E-state index contributed by atoms with van der Waals surface area (Å²) in [6.45, 7) is 5.43. The van der Waals surface area contributed by atoms with E-state index in [1.807, 2.05) is 20.8 Å². The minimum atomic E-state index is -4.00. The van der Waals surface area contributed by atoms with Crippen LogP contribution in [0.25, 0.3) is 0 Å². The molecule has 3 N–H and O–H groups in total. The number of nitrogens with zero attached hydrogens (tertiary/aromatic N) is 2. The van der Waals surface area contributed by atoms with Crippen LogP contribution in [0.2, 0.25) is 0 Å². The molecule has 12 heteroatoms. The molecule has 1 aromatic heterocycles. The molecule has 0 saturated heterocycles. The molecule has 1 aliphatic rings. The lowest BCUT2D eigenvalue weighted by Gasteiger charge is -2.38. The van der Waals surface area contributed by atoms with E-state index in [9.17, 15) is 18.0 Å². The summed E-state index contributed by atoms with van der Waals surface area (Å²) in [5, 5.41) is 17.4. The zero-order valence-electron chi connectivity index (χ0n) is 18.7. The number of H-pyrrole nitrogens is 1. The number of sulfonamides is 1. The number of benzene rings is 2. The molecule has 4 rings (SSSR count). The van der Waals surface area contributed by atoms with Gasteiger partial charge in [-0.3, -0.25) is 9.62 Å². The Morgan fingerprint density at radius 2 is 1.97 bits per heavy atom. The van der Waals surface area contributed by atoms with Gasteiger partial charge in [0.1, 0.15) is 11.9 Å². The topological polar surface area (TPSA) is 155 Å². The predicted molar refractivity (Wildman–Crippen MR) is 123 cm³/mol. The first kappa shape index (κ1) is 23.4. The van der Waals surface area contributed by atoms with E-state index in [0.29, 0.717) is 0 Å². The monoisotopic (exact) mass is 488 g/mol. The van der Waals surface area contributed by atoms with Crippen LogP contribution < -0.4 is 20.1 Å². The van der Waals surface area contributed by atoms with E-state index >= 15 is 0 Å². The molecular weight excluding hydrogens is 464 g/mol. The van der Waals surface area contributed by atoms with Crippen molar-refractivity contribution in [2.24, 2.45) is 0 Å². The first-order chi connectivity index (χ1) is 16.0. The normalized spacial score (nSPS) is 16.0. The molecule has 0 radical (unpaired) electrons. The SMILES string of the molecule is Cc1ccc(S(=O)(=O)N2CC(CC(C)(C)c3n[nH]c(=O)o3)Oc3ccc(NC(=O)O)cc32)cc1. The van der Waals surface area contributed by atoms with Crippen LogP contribution in [0.4, 0.5) is 16.2 Å². The average molecular weight is 489 g/mol. The smallest absolute Gasteiger partial charge is 0.434 e. The third-order valence-electron chi connectivity index (χ3n) is 5.51. The van der Waals surface area contributed by atoms with Crippen molar-refractivity contribution >= 4 is 27.5 Å². The van der Waals surface area contributed by atoms with Crippen LogP contribution in [0.3, 0.4) is 0 Å². The molecular formula is C22H24N4O7S. The molecule has 0 spiro atoms. The van der Waals surface area contributed by atoms with Gasteiger partial charge in [0.25, 0.3) is 10.0 Å². The quantitative estimate of drug-likeness (QED) is 0.478. The maximum absolute atomic E-state index is 13.6. The molecule has 0 bridgehead atoms. The van der Waals surface area contributed by atoms with Crippen molar-refractivity contribution in [2.45, 2.75) is 43.6 Å². The van der Waals surface area contributed by atoms with Crippen LogP contribution in [0.15, 0.2) is 56.6 Å². The molecule has 2 heterocycles. The van der Waals surface area contributed by atoms with Crippen LogP contribution in [-0.4, -0.2) is 42.5 Å². The predicted octanol–water partition coefficient (Wildman–Crippen LogP) is 3.09. The molecule has 0 saturated carbocycles. The van der Waals surface area contributed by atoms with Gasteiger partial charge in [-0.05, 0) is 43.7 Å². The highest BCUT2D eigenvalue weighted by Crippen LogP contribution is 2.41. The van der Waals surface area contributed by atoms with E-state index in [-0.39, 0.29) is 40.9 Å². The van der Waals surface area contributed by atoms with Crippen molar-refractivity contribution in [3.63, 3.8) is 0 Å². The fourth-order valence-corrected chi connectivity index (χ4v) is 5.36. The van der Waals surface area contributed by atoms with Crippen molar-refractivity contribution in [3.8, 4) is 5.75 Å². The molecule has 180 valence electrons. The number of nitrogens with one attached hydrogen (secondary N) is 2. The van der Waals surface area contributed by atoms with Gasteiger partial charge in [0.15, 0.2) is 0 Å². The Morgan fingerprint density at radius 1 is 1.26 bits per heavy atom. The first-order valence-corrected chi connectivity index (χ1v) is 11.9. The van der Waals surface area contributed by atoms with Crippen LogP contribution in [-0.2, 0) is 15.4 Å². The number of aromatic amines is 1. The second-order valence-corrected chi connectivity index (χ2v) is 10.6. The Hall–Kier alpha value is -3.80. The Kier molecular flexibility index (Phi) is 5.86. The molecule has 11 nitrogen and oxygen atoms in total. The lowest BCUT2D eigenvalue weighted by Crippen LogP contribution is -2.45. The van der Waals surface area contributed by atoms with Crippen molar-refractivity contribution in [3.05, 3.63) is 64.5 Å². The van der Waals surface area contributed by atoms with Gasteiger partial charge >= 0.3 is 11.8 Å². The fourth-order valence-electron chi connectivity index (χ4n) is 3.86. The highest BCUT2D eigenvalue weighted by Gasteiger charge is 2.39. The van der Waals surface area contributed by atoms with E-state index < -0.39 is 33.4 Å². The number of carboxylic acid groups (broad SMARTS) is 1. The van der Waals surface area contributed by atoms with E-state index in [1.165, 1.54) is 34.6 Å². The summed E-state index contributed by atoms with van der Waals surface area (Å²) >= 11 is 0. The van der Waals surface area contributed by atoms with E-state index in [4.69, 9.17) is 14.3 Å². The molecule has 1 unspecified atom stereocenters. The summed E-state index contributed by atoms with van der Waals surface area (Å²) in [5.41, 5.74) is 0.587. The molecule has 2 aromatic carbocycles. The largest absolute Gasteiger partial charge is 0.486 e. The number of fused-ring (bicyclic) bond motifs is 1. The number of ether oxygens (including phenoxy) is 1. The minimum Gasteiger partial charge on any atom is -0.486 e. The maximum atomic E-state index is 13.6. The second-order valence-electron chi connectivity index (χ2n) is 8.71. The molecule has 1 aliphatic heterocycles. The van der Waals surface area contributed by atoms with Gasteiger partial charge in [0.05, 0.1) is 17.1 Å². The van der Waals surface area contributed by atoms with Crippen molar-refractivity contribution in [2.75, 3.05) is 16.2 Å². The summed E-state index contributed by atoms with van der Waals surface area (Å²) in [4.78, 5) is 22.6. The van der Waals surface area contributed by atoms with E-state index in [2.05, 4.69) is 15.5 Å². The Morgan fingerprint density at radius 3 is 2.59 bits per heavy atom. The van der Waals surface area contributed by atoms with Gasteiger partial charge < -0.3 is 14.3 Å². The lowest BCUT2D eigenvalue weighted by molar-refractivity contribution is 0.152. The second kappa shape index (κ2) is 8.52. The molecule has 3 aromatic rings. The number of carbonyl (C=O) groups is 1. The third kappa shape index (κ3) is 4.62. The van der Waals surface area contributed by atoms with E-state index in [1.54, 1.807) is 12.1 Å². The Bertz CT molecular complexity index is 1380. The van der Waals surface area contributed by atoms with Gasteiger partial charge in [-0.2, -0.15) is 0 Å². The summed E-state index contributed by atoms with van der Waals surface area (Å²) in [6, 6.07) is 10.9. The van der Waals surface area contributed by atoms with Crippen molar-refractivity contribution < 1.29 is 27.5 Å². The van der Waals surface area contributed by atoms with Gasteiger partial charge in [0.2, 0.25) is 5.89 Å². The van der Waals surface area contributed by atoms with Crippen molar-refractivity contribution in [1.29, 1.82) is 0 Å². The summed E-state index contributed by atoms with van der Waals surface area (Å²) in [6.07, 6.45) is -1.59. The summed E-state index contributed by atoms with van der Waals surface area (Å²) in [7, 11) is -4.00. The number of hydrogen-bond donors (Lipinski definition) is 3. The zero-order valence-corrected chi connectivity index (χ0v) is 19.5. The van der Waals surface area contributed by atoms with Gasteiger partial charge in [-0.25, -0.2) is 23.1 Å². The molecule has 34 heavy (non-hydrogen) atoms. The number of anilines is 2. The number of aryl methyl sites for hydroxylation is 1. The number of hydrogen-bond acceptors (Lipinski definition) is 7. The fraction of sp³-hybridized carbons (Fsp3) is 0.318. The maximum Gasteiger partial charge on any atom is 0.434 e.